The molecular weight excluding hydrogens is 224 g/mol. The normalized spacial score (nSPS) is 19.8. The molecule has 1 atom stereocenters. The molecule has 2 N–H and O–H groups in total. The molecule has 0 aromatic rings. The van der Waals surface area contributed by atoms with Crippen LogP contribution < -0.4 is 5.32 Å². The molecule has 0 amide bonds. The van der Waals surface area contributed by atoms with Crippen LogP contribution in [0, 0.1) is 5.41 Å². The largest absolute Gasteiger partial charge is 0.396 e. The maximum absolute atomic E-state index is 9.05. The van der Waals surface area contributed by atoms with Crippen LogP contribution in [0.3, 0.4) is 0 Å². The van der Waals surface area contributed by atoms with E-state index in [0.29, 0.717) is 12.0 Å². The van der Waals surface area contributed by atoms with Crippen molar-refractivity contribution in [2.24, 2.45) is 5.41 Å². The fourth-order valence-corrected chi connectivity index (χ4v) is 3.16. The zero-order chi connectivity index (χ0) is 13.4. The van der Waals surface area contributed by atoms with Crippen molar-refractivity contribution in [3.8, 4) is 0 Å². The van der Waals surface area contributed by atoms with Crippen molar-refractivity contribution in [2.45, 2.75) is 58.4 Å². The Hall–Kier alpha value is -0.120. The van der Waals surface area contributed by atoms with Gasteiger partial charge in [-0.2, -0.15) is 0 Å². The van der Waals surface area contributed by atoms with Crippen LogP contribution in [0.1, 0.15) is 52.4 Å². The molecule has 0 heterocycles. The van der Waals surface area contributed by atoms with Crippen molar-refractivity contribution in [1.29, 1.82) is 0 Å². The SMILES string of the molecule is CCCC(C)(CNC)CN(CCCO)C1CCC1. The average molecular weight is 256 g/mol. The number of nitrogens with one attached hydrogen (secondary N) is 1. The smallest absolute Gasteiger partial charge is 0.0443 e. The highest BCUT2D eigenvalue weighted by Gasteiger charge is 2.31. The molecule has 18 heavy (non-hydrogen) atoms. The Morgan fingerprint density at radius 1 is 1.39 bits per heavy atom. The van der Waals surface area contributed by atoms with Gasteiger partial charge in [0.05, 0.1) is 0 Å². The maximum atomic E-state index is 9.05. The van der Waals surface area contributed by atoms with Gasteiger partial charge in [-0.3, -0.25) is 4.90 Å². The zero-order valence-electron chi connectivity index (χ0n) is 12.5. The second-order valence-corrected chi connectivity index (χ2v) is 6.22. The molecule has 3 nitrogen and oxygen atoms in total. The molecule has 108 valence electrons. The maximum Gasteiger partial charge on any atom is 0.0443 e. The first-order chi connectivity index (χ1) is 8.65. The van der Waals surface area contributed by atoms with Crippen molar-refractivity contribution in [1.82, 2.24) is 10.2 Å². The number of hydrogen-bond acceptors (Lipinski definition) is 3. The fraction of sp³-hybridized carbons (Fsp3) is 1.00. The van der Waals surface area contributed by atoms with E-state index in [4.69, 9.17) is 5.11 Å². The van der Waals surface area contributed by atoms with Gasteiger partial charge in [-0.25, -0.2) is 0 Å². The van der Waals surface area contributed by atoms with Gasteiger partial charge in [0.2, 0.25) is 0 Å². The number of hydrogen-bond donors (Lipinski definition) is 2. The van der Waals surface area contributed by atoms with Crippen LogP contribution in [0.4, 0.5) is 0 Å². The summed E-state index contributed by atoms with van der Waals surface area (Å²) in [6.45, 7) is 8.31. The van der Waals surface area contributed by atoms with Gasteiger partial charge in [-0.1, -0.05) is 26.7 Å². The molecule has 1 aliphatic rings. The lowest BCUT2D eigenvalue weighted by Gasteiger charge is -2.43. The molecule has 0 bridgehead atoms. The molecule has 1 unspecified atom stereocenters. The Morgan fingerprint density at radius 2 is 2.11 bits per heavy atom. The van der Waals surface area contributed by atoms with Crippen LogP contribution in [0.5, 0.6) is 0 Å². The minimum Gasteiger partial charge on any atom is -0.396 e. The van der Waals surface area contributed by atoms with Gasteiger partial charge in [0, 0.05) is 32.3 Å². The van der Waals surface area contributed by atoms with E-state index in [2.05, 4.69) is 31.1 Å². The Kier molecular flexibility index (Phi) is 7.20. The van der Waals surface area contributed by atoms with Crippen molar-refractivity contribution < 1.29 is 5.11 Å². The first kappa shape index (κ1) is 15.9. The Balaban J connectivity index is 2.53. The Labute approximate surface area is 113 Å². The lowest BCUT2D eigenvalue weighted by atomic mass is 9.82. The first-order valence-electron chi connectivity index (χ1n) is 7.64. The first-order valence-corrected chi connectivity index (χ1v) is 7.64. The second kappa shape index (κ2) is 8.13. The standard InChI is InChI=1S/C15H32N2O/c1-4-9-15(2,12-16-3)13-17(10-6-11-18)14-7-5-8-14/h14,16,18H,4-13H2,1-3H3. The predicted octanol–water partition coefficient (Wildman–Crippen LogP) is 2.25. The van der Waals surface area contributed by atoms with Crippen molar-refractivity contribution in [3.05, 3.63) is 0 Å². The summed E-state index contributed by atoms with van der Waals surface area (Å²) in [6, 6.07) is 0.782. The number of aliphatic hydroxyl groups excluding tert-OH is 1. The van der Waals surface area contributed by atoms with Crippen LogP contribution in [-0.4, -0.2) is 49.3 Å². The van der Waals surface area contributed by atoms with Gasteiger partial charge < -0.3 is 10.4 Å². The molecule has 3 heteroatoms. The van der Waals surface area contributed by atoms with Gasteiger partial charge >= 0.3 is 0 Å². The van der Waals surface area contributed by atoms with Crippen LogP contribution in [0.25, 0.3) is 0 Å². The highest BCUT2D eigenvalue weighted by atomic mass is 16.3. The van der Waals surface area contributed by atoms with Gasteiger partial charge in [-0.15, -0.1) is 0 Å². The third kappa shape index (κ3) is 4.87. The fourth-order valence-electron chi connectivity index (χ4n) is 3.16. The summed E-state index contributed by atoms with van der Waals surface area (Å²) in [7, 11) is 2.05. The number of rotatable bonds is 10. The van der Waals surface area contributed by atoms with Crippen LogP contribution in [-0.2, 0) is 0 Å². The summed E-state index contributed by atoms with van der Waals surface area (Å²) in [5.74, 6) is 0. The summed E-state index contributed by atoms with van der Waals surface area (Å²) >= 11 is 0. The highest BCUT2D eigenvalue weighted by molar-refractivity contribution is 4.86. The molecule has 0 spiro atoms. The van der Waals surface area contributed by atoms with Gasteiger partial charge in [0.1, 0.15) is 0 Å². The molecule has 0 aliphatic heterocycles. The van der Waals surface area contributed by atoms with E-state index >= 15 is 0 Å². The summed E-state index contributed by atoms with van der Waals surface area (Å²) < 4.78 is 0. The van der Waals surface area contributed by atoms with Gasteiger partial charge in [0.25, 0.3) is 0 Å². The molecule has 0 aromatic heterocycles. The van der Waals surface area contributed by atoms with E-state index in [9.17, 15) is 0 Å². The van der Waals surface area contributed by atoms with Crippen molar-refractivity contribution in [3.63, 3.8) is 0 Å². The third-order valence-electron chi connectivity index (χ3n) is 4.24. The van der Waals surface area contributed by atoms with Crippen LogP contribution in [0.2, 0.25) is 0 Å². The minimum atomic E-state index is 0.319. The quantitative estimate of drug-likeness (QED) is 0.629. The second-order valence-electron chi connectivity index (χ2n) is 6.22. The highest BCUT2D eigenvalue weighted by Crippen LogP contribution is 2.30. The van der Waals surface area contributed by atoms with Gasteiger partial charge in [0.15, 0.2) is 0 Å². The molecule has 0 saturated heterocycles. The number of nitrogens with zero attached hydrogens (tertiary/aromatic N) is 1. The van der Waals surface area contributed by atoms with E-state index < -0.39 is 0 Å². The van der Waals surface area contributed by atoms with E-state index in [1.807, 2.05) is 0 Å². The van der Waals surface area contributed by atoms with Crippen molar-refractivity contribution >= 4 is 0 Å². The third-order valence-corrected chi connectivity index (χ3v) is 4.24. The predicted molar refractivity (Wildman–Crippen MR) is 77.9 cm³/mol. The summed E-state index contributed by atoms with van der Waals surface area (Å²) in [6.07, 6.45) is 7.53. The lowest BCUT2D eigenvalue weighted by molar-refractivity contribution is 0.0650. The van der Waals surface area contributed by atoms with E-state index in [1.165, 1.54) is 38.6 Å². The summed E-state index contributed by atoms with van der Waals surface area (Å²) in [4.78, 5) is 2.63. The molecule has 1 aliphatic carbocycles. The average Bonchev–Trinajstić information content (AvgIpc) is 2.24. The molecule has 1 saturated carbocycles. The summed E-state index contributed by atoms with van der Waals surface area (Å²) in [5.41, 5.74) is 0.370. The Bertz CT molecular complexity index is 211. The van der Waals surface area contributed by atoms with Crippen LogP contribution in [0.15, 0.2) is 0 Å². The monoisotopic (exact) mass is 256 g/mol. The molecule has 0 radical (unpaired) electrons. The lowest BCUT2D eigenvalue weighted by Crippen LogP contribution is -2.48. The zero-order valence-corrected chi connectivity index (χ0v) is 12.5. The topological polar surface area (TPSA) is 35.5 Å². The molecule has 0 aromatic carbocycles. The van der Waals surface area contributed by atoms with E-state index in [0.717, 1.165) is 25.6 Å². The minimum absolute atomic E-state index is 0.319. The van der Waals surface area contributed by atoms with Gasteiger partial charge in [-0.05, 0) is 38.1 Å². The van der Waals surface area contributed by atoms with Crippen molar-refractivity contribution in [2.75, 3.05) is 33.3 Å². The molecule has 1 rings (SSSR count). The van der Waals surface area contributed by atoms with Crippen LogP contribution >= 0.6 is 0 Å². The Morgan fingerprint density at radius 3 is 2.56 bits per heavy atom. The van der Waals surface area contributed by atoms with E-state index in [1.54, 1.807) is 0 Å². The molecular formula is C15H32N2O. The molecule has 1 fully saturated rings. The van der Waals surface area contributed by atoms with E-state index in [-0.39, 0.29) is 0 Å². The number of aliphatic hydroxyl groups is 1. The summed E-state index contributed by atoms with van der Waals surface area (Å²) in [5, 5.41) is 12.4.